The Morgan fingerprint density at radius 2 is 1.72 bits per heavy atom. The van der Waals surface area contributed by atoms with E-state index in [1.54, 1.807) is 0 Å². The first-order valence-electron chi connectivity index (χ1n) is 6.69. The van der Waals surface area contributed by atoms with Crippen LogP contribution in [0.25, 0.3) is 0 Å². The minimum Gasteiger partial charge on any atom is -0.370 e. The fourth-order valence-corrected chi connectivity index (χ4v) is 2.72. The molecule has 1 rings (SSSR count). The lowest BCUT2D eigenvalue weighted by molar-refractivity contribution is 0.574. The number of rotatable bonds is 8. The molecule has 2 N–H and O–H groups in total. The molecular weight excluding hydrogens is 242 g/mol. The highest BCUT2D eigenvalue weighted by atomic mass is 32.2. The summed E-state index contributed by atoms with van der Waals surface area (Å²) in [6.07, 6.45) is 4.53. The van der Waals surface area contributed by atoms with Gasteiger partial charge in [0, 0.05) is 17.8 Å². The van der Waals surface area contributed by atoms with Gasteiger partial charge in [0.1, 0.15) is 11.6 Å². The summed E-state index contributed by atoms with van der Waals surface area (Å²) in [6, 6.07) is 6.05. The van der Waals surface area contributed by atoms with Gasteiger partial charge in [0.05, 0.1) is 0 Å². The first-order valence-corrected chi connectivity index (χ1v) is 7.92. The maximum atomic E-state index is 4.54. The molecule has 0 fully saturated rings. The lowest BCUT2D eigenvalue weighted by Gasteiger charge is -2.30. The molecule has 0 aliphatic carbocycles. The van der Waals surface area contributed by atoms with Crippen molar-refractivity contribution in [3.63, 3.8) is 0 Å². The molecule has 1 heterocycles. The van der Waals surface area contributed by atoms with Gasteiger partial charge in [-0.3, -0.25) is 0 Å². The molecule has 0 saturated carbocycles. The monoisotopic (exact) mass is 267 g/mol. The zero-order valence-electron chi connectivity index (χ0n) is 11.9. The SMILES string of the molecule is CCNc1cccc(NCC(CC)(CC)SC)n1. The molecule has 3 nitrogen and oxygen atoms in total. The van der Waals surface area contributed by atoms with Gasteiger partial charge < -0.3 is 10.6 Å². The van der Waals surface area contributed by atoms with Crippen molar-refractivity contribution in [3.05, 3.63) is 18.2 Å². The minimum atomic E-state index is 0.315. The molecule has 0 saturated heterocycles. The van der Waals surface area contributed by atoms with Crippen LogP contribution in [0.5, 0.6) is 0 Å². The molecule has 0 unspecified atom stereocenters. The average Bonchev–Trinajstić information content (AvgIpc) is 2.42. The van der Waals surface area contributed by atoms with Gasteiger partial charge in [-0.2, -0.15) is 11.8 Å². The highest BCUT2D eigenvalue weighted by molar-refractivity contribution is 8.00. The molecule has 0 aromatic carbocycles. The second-order valence-electron chi connectivity index (χ2n) is 4.39. The Hall–Kier alpha value is -0.900. The maximum absolute atomic E-state index is 4.54. The third kappa shape index (κ3) is 4.09. The number of aromatic nitrogens is 1. The molecule has 102 valence electrons. The van der Waals surface area contributed by atoms with Crippen molar-refractivity contribution < 1.29 is 0 Å². The number of hydrogen-bond acceptors (Lipinski definition) is 4. The predicted molar refractivity (Wildman–Crippen MR) is 83.7 cm³/mol. The van der Waals surface area contributed by atoms with E-state index in [1.165, 1.54) is 12.8 Å². The number of thioether (sulfide) groups is 1. The van der Waals surface area contributed by atoms with Crippen LogP contribution in [0.4, 0.5) is 11.6 Å². The van der Waals surface area contributed by atoms with Crippen molar-refractivity contribution in [1.29, 1.82) is 0 Å². The van der Waals surface area contributed by atoms with E-state index in [9.17, 15) is 0 Å². The van der Waals surface area contributed by atoms with Crippen molar-refractivity contribution >= 4 is 23.4 Å². The number of hydrogen-bond donors (Lipinski definition) is 2. The topological polar surface area (TPSA) is 37.0 Å². The van der Waals surface area contributed by atoms with E-state index in [0.717, 1.165) is 24.7 Å². The maximum Gasteiger partial charge on any atom is 0.128 e. The minimum absolute atomic E-state index is 0.315. The molecule has 0 bridgehead atoms. The summed E-state index contributed by atoms with van der Waals surface area (Å²) in [5.41, 5.74) is 0. The smallest absolute Gasteiger partial charge is 0.128 e. The zero-order valence-corrected chi connectivity index (χ0v) is 12.7. The fourth-order valence-electron chi connectivity index (χ4n) is 1.93. The molecular formula is C14H25N3S. The highest BCUT2D eigenvalue weighted by Gasteiger charge is 2.24. The van der Waals surface area contributed by atoms with Crippen LogP contribution in [0, 0.1) is 0 Å². The van der Waals surface area contributed by atoms with Gasteiger partial charge in [-0.15, -0.1) is 0 Å². The lowest BCUT2D eigenvalue weighted by atomic mass is 10.0. The zero-order chi connectivity index (χ0) is 13.4. The van der Waals surface area contributed by atoms with Crippen LogP contribution in [-0.4, -0.2) is 29.1 Å². The standard InChI is InChI=1S/C14H25N3S/c1-5-14(6-2,18-4)11-16-13-10-8-9-12(17-13)15-7-3/h8-10H,5-7,11H2,1-4H3,(H2,15,16,17). The predicted octanol–water partition coefficient (Wildman–Crippen LogP) is 3.85. The van der Waals surface area contributed by atoms with Gasteiger partial charge in [-0.05, 0) is 38.2 Å². The van der Waals surface area contributed by atoms with E-state index >= 15 is 0 Å². The van der Waals surface area contributed by atoms with Crippen molar-refractivity contribution in [1.82, 2.24) is 4.98 Å². The Balaban J connectivity index is 2.64. The van der Waals surface area contributed by atoms with E-state index in [2.05, 4.69) is 42.6 Å². The molecule has 0 amide bonds. The quantitative estimate of drug-likeness (QED) is 0.750. The Morgan fingerprint density at radius 3 is 2.22 bits per heavy atom. The number of pyridine rings is 1. The second kappa shape index (κ2) is 7.52. The van der Waals surface area contributed by atoms with Gasteiger partial charge in [0.15, 0.2) is 0 Å². The van der Waals surface area contributed by atoms with Crippen LogP contribution in [0.2, 0.25) is 0 Å². The van der Waals surface area contributed by atoms with Crippen LogP contribution in [0.3, 0.4) is 0 Å². The number of nitrogens with zero attached hydrogens (tertiary/aromatic N) is 1. The van der Waals surface area contributed by atoms with Crippen molar-refractivity contribution in [2.45, 2.75) is 38.4 Å². The van der Waals surface area contributed by atoms with Gasteiger partial charge in [-0.25, -0.2) is 4.98 Å². The summed E-state index contributed by atoms with van der Waals surface area (Å²) in [5.74, 6) is 1.89. The van der Waals surface area contributed by atoms with Gasteiger partial charge in [0.25, 0.3) is 0 Å². The normalized spacial score (nSPS) is 11.3. The average molecular weight is 267 g/mol. The lowest BCUT2D eigenvalue weighted by Crippen LogP contribution is -2.32. The molecule has 0 spiro atoms. The van der Waals surface area contributed by atoms with E-state index in [1.807, 2.05) is 30.0 Å². The highest BCUT2D eigenvalue weighted by Crippen LogP contribution is 2.30. The molecule has 4 heteroatoms. The fraction of sp³-hybridized carbons (Fsp3) is 0.643. The van der Waals surface area contributed by atoms with E-state index in [4.69, 9.17) is 0 Å². The van der Waals surface area contributed by atoms with Crippen LogP contribution in [0.1, 0.15) is 33.6 Å². The summed E-state index contributed by atoms with van der Waals surface area (Å²) in [7, 11) is 0. The Kier molecular flexibility index (Phi) is 6.33. The van der Waals surface area contributed by atoms with Gasteiger partial charge in [0.2, 0.25) is 0 Å². The number of nitrogens with one attached hydrogen (secondary N) is 2. The molecule has 1 aromatic heterocycles. The van der Waals surface area contributed by atoms with E-state index in [0.29, 0.717) is 4.75 Å². The van der Waals surface area contributed by atoms with Crippen molar-refractivity contribution in [2.24, 2.45) is 0 Å². The molecule has 0 atom stereocenters. The van der Waals surface area contributed by atoms with E-state index in [-0.39, 0.29) is 0 Å². The summed E-state index contributed by atoms with van der Waals surface area (Å²) in [4.78, 5) is 4.54. The van der Waals surface area contributed by atoms with Gasteiger partial charge >= 0.3 is 0 Å². The third-order valence-corrected chi connectivity index (χ3v) is 5.01. The van der Waals surface area contributed by atoms with E-state index < -0.39 is 0 Å². The van der Waals surface area contributed by atoms with Crippen LogP contribution in [-0.2, 0) is 0 Å². The van der Waals surface area contributed by atoms with Gasteiger partial charge in [-0.1, -0.05) is 19.9 Å². The summed E-state index contributed by atoms with van der Waals surface area (Å²) in [5, 5.41) is 6.70. The number of anilines is 2. The van der Waals surface area contributed by atoms with Crippen LogP contribution >= 0.6 is 11.8 Å². The molecule has 0 radical (unpaired) electrons. The Labute approximate surface area is 115 Å². The first-order chi connectivity index (χ1) is 8.69. The Bertz CT molecular complexity index is 342. The van der Waals surface area contributed by atoms with Crippen LogP contribution in [0.15, 0.2) is 18.2 Å². The summed E-state index contributed by atoms with van der Waals surface area (Å²) < 4.78 is 0.315. The summed E-state index contributed by atoms with van der Waals surface area (Å²) >= 11 is 1.95. The largest absolute Gasteiger partial charge is 0.370 e. The molecule has 18 heavy (non-hydrogen) atoms. The first kappa shape index (κ1) is 15.2. The van der Waals surface area contributed by atoms with Crippen molar-refractivity contribution in [2.75, 3.05) is 30.0 Å². The Morgan fingerprint density at radius 1 is 1.11 bits per heavy atom. The molecule has 1 aromatic rings. The second-order valence-corrected chi connectivity index (χ2v) is 5.66. The van der Waals surface area contributed by atoms with Crippen LogP contribution < -0.4 is 10.6 Å². The summed E-state index contributed by atoms with van der Waals surface area (Å²) in [6.45, 7) is 8.45. The molecule has 0 aliphatic heterocycles. The third-order valence-electron chi connectivity index (χ3n) is 3.42. The molecule has 0 aliphatic rings. The van der Waals surface area contributed by atoms with Crippen molar-refractivity contribution in [3.8, 4) is 0 Å².